The molecule has 5 rings (SSSR count). The molecule has 1 saturated heterocycles. The largest absolute Gasteiger partial charge is 0.488 e. The SMILES string of the molecule is Cc1c(N)cc(CN2CCN(C(=O)OCC3c4ccccc4-c4ccccc43)CC2)c(C)c1OS(=O)(=O)F. The Balaban J connectivity index is 1.20. The third kappa shape index (κ3) is 5.19. The Morgan fingerprint density at radius 3 is 2.13 bits per heavy atom. The van der Waals surface area contributed by atoms with E-state index in [1.807, 2.05) is 24.3 Å². The van der Waals surface area contributed by atoms with Crippen molar-refractivity contribution in [1.82, 2.24) is 9.80 Å². The van der Waals surface area contributed by atoms with Crippen molar-refractivity contribution in [3.63, 3.8) is 0 Å². The number of fused-ring (bicyclic) bond motifs is 3. The molecule has 2 aliphatic rings. The highest BCUT2D eigenvalue weighted by atomic mass is 32.3. The Morgan fingerprint density at radius 2 is 1.55 bits per heavy atom. The Kier molecular flexibility index (Phi) is 7.02. The Hall–Kier alpha value is -3.63. The highest BCUT2D eigenvalue weighted by Crippen LogP contribution is 2.44. The lowest BCUT2D eigenvalue weighted by molar-refractivity contribution is 0.0728. The molecule has 3 aromatic rings. The topological polar surface area (TPSA) is 102 Å². The van der Waals surface area contributed by atoms with E-state index in [0.717, 1.165) is 5.56 Å². The molecule has 0 spiro atoms. The Labute approximate surface area is 222 Å². The fourth-order valence-electron chi connectivity index (χ4n) is 5.37. The minimum atomic E-state index is -5.18. The quantitative estimate of drug-likeness (QED) is 0.362. The molecule has 200 valence electrons. The number of hydrogen-bond donors (Lipinski definition) is 1. The monoisotopic (exact) mass is 539 g/mol. The fourth-order valence-corrected chi connectivity index (χ4v) is 5.81. The third-order valence-corrected chi connectivity index (χ3v) is 7.83. The fraction of sp³-hybridized carbons (Fsp3) is 0.321. The van der Waals surface area contributed by atoms with Crippen LogP contribution in [0, 0.1) is 13.8 Å². The van der Waals surface area contributed by atoms with E-state index in [2.05, 4.69) is 33.3 Å². The number of ether oxygens (including phenoxy) is 1. The second-order valence-electron chi connectivity index (χ2n) is 9.75. The zero-order valence-electron chi connectivity index (χ0n) is 21.3. The number of halogens is 1. The van der Waals surface area contributed by atoms with Crippen molar-refractivity contribution in [2.45, 2.75) is 26.3 Å². The van der Waals surface area contributed by atoms with Gasteiger partial charge in [-0.05, 0) is 53.3 Å². The van der Waals surface area contributed by atoms with Gasteiger partial charge in [-0.15, -0.1) is 0 Å². The number of nitrogens with zero attached hydrogens (tertiary/aromatic N) is 2. The molecule has 1 heterocycles. The van der Waals surface area contributed by atoms with Crippen LogP contribution in [-0.2, 0) is 21.8 Å². The van der Waals surface area contributed by atoms with Crippen molar-refractivity contribution in [3.8, 4) is 16.9 Å². The zero-order chi connectivity index (χ0) is 27.0. The van der Waals surface area contributed by atoms with Crippen LogP contribution in [0.5, 0.6) is 5.75 Å². The normalized spacial score (nSPS) is 15.7. The van der Waals surface area contributed by atoms with E-state index in [9.17, 15) is 17.1 Å². The number of carbonyl (C=O) groups excluding carboxylic acids is 1. The van der Waals surface area contributed by atoms with E-state index in [4.69, 9.17) is 10.5 Å². The van der Waals surface area contributed by atoms with Crippen molar-refractivity contribution in [2.75, 3.05) is 38.5 Å². The lowest BCUT2D eigenvalue weighted by atomic mass is 9.98. The van der Waals surface area contributed by atoms with Crippen molar-refractivity contribution in [2.24, 2.45) is 0 Å². The first-order valence-corrected chi connectivity index (χ1v) is 13.8. The summed E-state index contributed by atoms with van der Waals surface area (Å²) in [5, 5.41) is 0. The van der Waals surface area contributed by atoms with Crippen LogP contribution in [0.25, 0.3) is 11.1 Å². The highest BCUT2D eigenvalue weighted by molar-refractivity contribution is 7.81. The van der Waals surface area contributed by atoms with Crippen molar-refractivity contribution < 1.29 is 26.0 Å². The third-order valence-electron chi connectivity index (χ3n) is 7.47. The number of piperazine rings is 1. The number of rotatable bonds is 6. The number of nitrogens with two attached hydrogens (primary N) is 1. The first kappa shape index (κ1) is 26.0. The molecule has 3 aromatic carbocycles. The Bertz CT molecular complexity index is 1440. The van der Waals surface area contributed by atoms with Crippen molar-refractivity contribution in [1.29, 1.82) is 0 Å². The zero-order valence-corrected chi connectivity index (χ0v) is 22.1. The molecule has 1 amide bonds. The van der Waals surface area contributed by atoms with Gasteiger partial charge in [-0.2, -0.15) is 8.42 Å². The summed E-state index contributed by atoms with van der Waals surface area (Å²) in [7, 11) is -5.18. The van der Waals surface area contributed by atoms with E-state index < -0.39 is 10.5 Å². The van der Waals surface area contributed by atoms with Gasteiger partial charge in [0.15, 0.2) is 5.75 Å². The van der Waals surface area contributed by atoms with Gasteiger partial charge in [-0.1, -0.05) is 52.4 Å². The van der Waals surface area contributed by atoms with Gasteiger partial charge < -0.3 is 19.6 Å². The van der Waals surface area contributed by atoms with E-state index >= 15 is 0 Å². The van der Waals surface area contributed by atoms with Gasteiger partial charge in [-0.25, -0.2) is 4.79 Å². The molecule has 0 bridgehead atoms. The predicted molar refractivity (Wildman–Crippen MR) is 143 cm³/mol. The van der Waals surface area contributed by atoms with Gasteiger partial charge in [-0.3, -0.25) is 4.90 Å². The summed E-state index contributed by atoms with van der Waals surface area (Å²) in [4.78, 5) is 16.7. The molecular formula is C28H30FN3O5S. The summed E-state index contributed by atoms with van der Waals surface area (Å²) in [6.45, 7) is 6.14. The second kappa shape index (κ2) is 10.3. The molecule has 8 nitrogen and oxygen atoms in total. The molecular weight excluding hydrogens is 509 g/mol. The van der Waals surface area contributed by atoms with Crippen LogP contribution in [0.4, 0.5) is 14.4 Å². The van der Waals surface area contributed by atoms with Crippen LogP contribution in [-0.4, -0.2) is 57.1 Å². The van der Waals surface area contributed by atoms with Crippen molar-refractivity contribution >= 4 is 22.3 Å². The molecule has 38 heavy (non-hydrogen) atoms. The van der Waals surface area contributed by atoms with E-state index in [-0.39, 0.29) is 24.4 Å². The molecule has 2 N–H and O–H groups in total. The summed E-state index contributed by atoms with van der Waals surface area (Å²) in [5.41, 5.74) is 12.7. The van der Waals surface area contributed by atoms with Gasteiger partial charge in [0.05, 0.1) is 0 Å². The minimum Gasteiger partial charge on any atom is -0.448 e. The summed E-state index contributed by atoms with van der Waals surface area (Å²) in [6, 6.07) is 18.2. The van der Waals surface area contributed by atoms with Crippen molar-refractivity contribution in [3.05, 3.63) is 82.4 Å². The average molecular weight is 540 g/mol. The van der Waals surface area contributed by atoms with Crippen LogP contribution in [0.1, 0.15) is 33.7 Å². The summed E-state index contributed by atoms with van der Waals surface area (Å²) >= 11 is 0. The second-order valence-corrected chi connectivity index (χ2v) is 10.7. The van der Waals surface area contributed by atoms with Crippen LogP contribution in [0.2, 0.25) is 0 Å². The number of nitrogen functional groups attached to an aromatic ring is 1. The highest BCUT2D eigenvalue weighted by Gasteiger charge is 2.30. The number of carbonyl (C=O) groups is 1. The van der Waals surface area contributed by atoms with E-state index in [1.165, 1.54) is 22.3 Å². The summed E-state index contributed by atoms with van der Waals surface area (Å²) in [6.07, 6.45) is -0.342. The lowest BCUT2D eigenvalue weighted by Crippen LogP contribution is -2.48. The van der Waals surface area contributed by atoms with Crippen LogP contribution in [0.3, 0.4) is 0 Å². The standard InChI is InChI=1S/C28H30FN3O5S/c1-18-20(15-26(30)19(2)27(18)37-38(29,34)35)16-31-11-13-32(14-12-31)28(33)36-17-25-23-9-5-3-7-21(23)22-8-4-6-10-24(22)25/h3-10,15,25H,11-14,16-17,30H2,1-2H3. The van der Waals surface area contributed by atoms with E-state index in [0.29, 0.717) is 49.5 Å². The minimum absolute atomic E-state index is 0.00663. The predicted octanol–water partition coefficient (Wildman–Crippen LogP) is 4.55. The number of benzene rings is 3. The van der Waals surface area contributed by atoms with Crippen LogP contribution >= 0.6 is 0 Å². The molecule has 0 unspecified atom stereocenters. The van der Waals surface area contributed by atoms with Gasteiger partial charge in [0, 0.05) is 49.9 Å². The molecule has 1 aliphatic heterocycles. The molecule has 10 heteroatoms. The van der Waals surface area contributed by atoms with E-state index in [1.54, 1.807) is 24.8 Å². The van der Waals surface area contributed by atoms with Gasteiger partial charge in [0.2, 0.25) is 0 Å². The summed E-state index contributed by atoms with van der Waals surface area (Å²) < 4.78 is 45.8. The maximum absolute atomic E-state index is 13.2. The maximum atomic E-state index is 13.2. The smallest absolute Gasteiger partial charge is 0.448 e. The molecule has 0 aromatic heterocycles. The average Bonchev–Trinajstić information content (AvgIpc) is 3.22. The number of hydrogen-bond acceptors (Lipinski definition) is 7. The molecule has 1 fully saturated rings. The van der Waals surface area contributed by atoms with Crippen LogP contribution < -0.4 is 9.92 Å². The van der Waals surface area contributed by atoms with Gasteiger partial charge in [0.1, 0.15) is 6.61 Å². The molecule has 0 radical (unpaired) electrons. The lowest BCUT2D eigenvalue weighted by Gasteiger charge is -2.34. The Morgan fingerprint density at radius 1 is 0.974 bits per heavy atom. The molecule has 1 aliphatic carbocycles. The molecule has 0 atom stereocenters. The number of anilines is 1. The number of amides is 1. The first-order valence-electron chi connectivity index (χ1n) is 12.5. The summed E-state index contributed by atoms with van der Waals surface area (Å²) in [5.74, 6) is -0.0769. The molecule has 0 saturated carbocycles. The first-order chi connectivity index (χ1) is 18.1. The van der Waals surface area contributed by atoms with Gasteiger partial charge >= 0.3 is 16.6 Å². The maximum Gasteiger partial charge on any atom is 0.488 e. The van der Waals surface area contributed by atoms with Crippen LogP contribution in [0.15, 0.2) is 54.6 Å². The van der Waals surface area contributed by atoms with Gasteiger partial charge in [0.25, 0.3) is 0 Å².